The van der Waals surface area contributed by atoms with Crippen LogP contribution in [0.25, 0.3) is 11.0 Å². The molecule has 7 nitrogen and oxygen atoms in total. The normalized spacial score (nSPS) is 12.3. The molecule has 0 spiro atoms. The number of fused-ring (bicyclic) bond motifs is 1. The van der Waals surface area contributed by atoms with Crippen LogP contribution >= 0.6 is 0 Å². The van der Waals surface area contributed by atoms with E-state index in [0.29, 0.717) is 11.5 Å². The van der Waals surface area contributed by atoms with Crippen LogP contribution in [0.2, 0.25) is 0 Å². The van der Waals surface area contributed by atoms with Crippen LogP contribution in [-0.4, -0.2) is 26.6 Å². The zero-order valence-corrected chi connectivity index (χ0v) is 16.4. The van der Waals surface area contributed by atoms with Gasteiger partial charge in [-0.3, -0.25) is 4.79 Å². The second-order valence-electron chi connectivity index (χ2n) is 6.13. The molecule has 28 heavy (non-hydrogen) atoms. The van der Waals surface area contributed by atoms with Crippen molar-refractivity contribution in [2.24, 2.45) is 5.10 Å². The molecule has 2 aromatic carbocycles. The number of carbonyl (C=O) groups is 1. The van der Waals surface area contributed by atoms with Crippen LogP contribution in [0.1, 0.15) is 25.2 Å². The van der Waals surface area contributed by atoms with Crippen molar-refractivity contribution in [1.29, 1.82) is 0 Å². The maximum absolute atomic E-state index is 12.1. The number of amides is 1. The molecule has 8 heteroatoms. The van der Waals surface area contributed by atoms with Crippen LogP contribution in [0, 0.1) is 0 Å². The fraction of sp³-hybridized carbons (Fsp3) is 0.200. The van der Waals surface area contributed by atoms with Gasteiger partial charge < -0.3 is 4.42 Å². The van der Waals surface area contributed by atoms with Crippen LogP contribution in [0.15, 0.2) is 69.0 Å². The summed E-state index contributed by atoms with van der Waals surface area (Å²) < 4.78 is 32.4. The van der Waals surface area contributed by atoms with E-state index >= 15 is 0 Å². The standard InChI is InChI=1S/C20H21N3O4S/c1-3-16-17-11-7-8-12-18(17)27-20(16)14(2)22-23-19(24)13-21-28(25,26)15-9-5-4-6-10-15/h4-12,21H,3,13H2,1-2H3,(H,23,24)/b22-14-. The summed E-state index contributed by atoms with van der Waals surface area (Å²) in [7, 11) is -3.75. The second kappa shape index (κ2) is 8.37. The maximum atomic E-state index is 12.1. The summed E-state index contributed by atoms with van der Waals surface area (Å²) in [6.07, 6.45) is 0.754. The molecule has 0 saturated carbocycles. The summed E-state index contributed by atoms with van der Waals surface area (Å²) in [6.45, 7) is 3.32. The Kier molecular flexibility index (Phi) is 5.91. The van der Waals surface area contributed by atoms with E-state index < -0.39 is 22.5 Å². The number of hydrazone groups is 1. The Bertz CT molecular complexity index is 1120. The molecular weight excluding hydrogens is 378 g/mol. The van der Waals surface area contributed by atoms with Gasteiger partial charge in [0.25, 0.3) is 5.91 Å². The molecule has 0 fully saturated rings. The molecule has 0 atom stereocenters. The first-order chi connectivity index (χ1) is 13.4. The number of sulfonamides is 1. The number of aryl methyl sites for hydroxylation is 1. The molecule has 0 aliphatic heterocycles. The summed E-state index contributed by atoms with van der Waals surface area (Å²) in [6, 6.07) is 15.5. The number of carbonyl (C=O) groups excluding carboxylic acids is 1. The molecule has 1 amide bonds. The summed E-state index contributed by atoms with van der Waals surface area (Å²) in [4.78, 5) is 12.1. The number of para-hydroxylation sites is 1. The van der Waals surface area contributed by atoms with E-state index in [4.69, 9.17) is 4.42 Å². The molecule has 2 N–H and O–H groups in total. The van der Waals surface area contributed by atoms with Crippen molar-refractivity contribution in [3.63, 3.8) is 0 Å². The molecule has 146 valence electrons. The molecule has 0 aliphatic rings. The summed E-state index contributed by atoms with van der Waals surface area (Å²) in [5.74, 6) is 0.0295. The highest BCUT2D eigenvalue weighted by Gasteiger charge is 2.16. The van der Waals surface area contributed by atoms with Crippen molar-refractivity contribution in [2.75, 3.05) is 6.54 Å². The lowest BCUT2D eigenvalue weighted by molar-refractivity contribution is -0.119. The number of furan rings is 1. The lowest BCUT2D eigenvalue weighted by atomic mass is 10.1. The minimum absolute atomic E-state index is 0.0948. The third-order valence-corrected chi connectivity index (χ3v) is 5.62. The van der Waals surface area contributed by atoms with E-state index in [-0.39, 0.29) is 4.90 Å². The average Bonchev–Trinajstić information content (AvgIpc) is 3.10. The SMILES string of the molecule is CCc1c(/C(C)=N\NC(=O)CNS(=O)(=O)c2ccccc2)oc2ccccc12. The van der Waals surface area contributed by atoms with Crippen molar-refractivity contribution in [3.8, 4) is 0 Å². The molecule has 1 aromatic heterocycles. The average molecular weight is 399 g/mol. The number of nitrogens with one attached hydrogen (secondary N) is 2. The Balaban J connectivity index is 1.67. The van der Waals surface area contributed by atoms with Crippen LogP contribution in [0.3, 0.4) is 0 Å². The van der Waals surface area contributed by atoms with Crippen LogP contribution in [-0.2, 0) is 21.2 Å². The quantitative estimate of drug-likeness (QED) is 0.471. The van der Waals surface area contributed by atoms with Gasteiger partial charge in [0.05, 0.1) is 11.4 Å². The molecule has 3 rings (SSSR count). The molecule has 0 radical (unpaired) electrons. The number of hydrogen-bond acceptors (Lipinski definition) is 5. The van der Waals surface area contributed by atoms with Gasteiger partial charge in [-0.15, -0.1) is 0 Å². The Morgan fingerprint density at radius 3 is 2.46 bits per heavy atom. The molecule has 0 bridgehead atoms. The highest BCUT2D eigenvalue weighted by molar-refractivity contribution is 7.89. The van der Waals surface area contributed by atoms with Gasteiger partial charge in [0, 0.05) is 10.9 Å². The van der Waals surface area contributed by atoms with E-state index in [0.717, 1.165) is 23.0 Å². The van der Waals surface area contributed by atoms with Gasteiger partial charge >= 0.3 is 0 Å². The minimum Gasteiger partial charge on any atom is -0.454 e. The first-order valence-corrected chi connectivity index (χ1v) is 10.3. The number of rotatable bonds is 7. The molecular formula is C20H21N3O4S. The fourth-order valence-corrected chi connectivity index (χ4v) is 3.83. The van der Waals surface area contributed by atoms with Gasteiger partial charge in [-0.1, -0.05) is 43.3 Å². The zero-order valence-electron chi connectivity index (χ0n) is 15.6. The summed E-state index contributed by atoms with van der Waals surface area (Å²) in [5.41, 5.74) is 4.63. The number of nitrogens with zero attached hydrogens (tertiary/aromatic N) is 1. The predicted molar refractivity (Wildman–Crippen MR) is 108 cm³/mol. The Hall–Kier alpha value is -2.97. The fourth-order valence-electron chi connectivity index (χ4n) is 2.82. The predicted octanol–water partition coefficient (Wildman–Crippen LogP) is 2.81. The summed E-state index contributed by atoms with van der Waals surface area (Å²) in [5, 5.41) is 5.07. The van der Waals surface area contributed by atoms with E-state index in [1.165, 1.54) is 12.1 Å². The van der Waals surface area contributed by atoms with E-state index in [1.54, 1.807) is 25.1 Å². The largest absolute Gasteiger partial charge is 0.454 e. The van der Waals surface area contributed by atoms with Gasteiger partial charge in [0.2, 0.25) is 10.0 Å². The Labute approximate surface area is 163 Å². The lowest BCUT2D eigenvalue weighted by Crippen LogP contribution is -2.35. The Morgan fingerprint density at radius 1 is 1.07 bits per heavy atom. The van der Waals surface area contributed by atoms with E-state index in [1.807, 2.05) is 31.2 Å². The van der Waals surface area contributed by atoms with Gasteiger partial charge in [-0.05, 0) is 31.5 Å². The summed E-state index contributed by atoms with van der Waals surface area (Å²) >= 11 is 0. The highest BCUT2D eigenvalue weighted by Crippen LogP contribution is 2.26. The third-order valence-electron chi connectivity index (χ3n) is 4.21. The van der Waals surface area contributed by atoms with Gasteiger partial charge in [-0.2, -0.15) is 5.10 Å². The molecule has 1 heterocycles. The van der Waals surface area contributed by atoms with E-state index in [2.05, 4.69) is 15.2 Å². The maximum Gasteiger partial charge on any atom is 0.255 e. The smallest absolute Gasteiger partial charge is 0.255 e. The first kappa shape index (κ1) is 19.8. The molecule has 3 aromatic rings. The molecule has 0 saturated heterocycles. The van der Waals surface area contributed by atoms with Crippen molar-refractivity contribution < 1.29 is 17.6 Å². The van der Waals surface area contributed by atoms with Crippen molar-refractivity contribution >= 4 is 32.6 Å². The van der Waals surface area contributed by atoms with Crippen molar-refractivity contribution in [1.82, 2.24) is 10.1 Å². The van der Waals surface area contributed by atoms with Crippen LogP contribution < -0.4 is 10.1 Å². The van der Waals surface area contributed by atoms with Crippen molar-refractivity contribution in [2.45, 2.75) is 25.2 Å². The highest BCUT2D eigenvalue weighted by atomic mass is 32.2. The number of benzene rings is 2. The monoisotopic (exact) mass is 399 g/mol. The Morgan fingerprint density at radius 2 is 1.75 bits per heavy atom. The van der Waals surface area contributed by atoms with Crippen molar-refractivity contribution in [3.05, 3.63) is 65.9 Å². The van der Waals surface area contributed by atoms with Crippen LogP contribution in [0.5, 0.6) is 0 Å². The minimum atomic E-state index is -3.75. The number of hydrogen-bond donors (Lipinski definition) is 2. The topological polar surface area (TPSA) is 101 Å². The first-order valence-electron chi connectivity index (χ1n) is 8.81. The molecule has 0 aliphatic carbocycles. The van der Waals surface area contributed by atoms with Gasteiger partial charge in [-0.25, -0.2) is 18.6 Å². The zero-order chi connectivity index (χ0) is 20.1. The van der Waals surface area contributed by atoms with Crippen LogP contribution in [0.4, 0.5) is 0 Å². The van der Waals surface area contributed by atoms with Gasteiger partial charge in [0.15, 0.2) is 5.76 Å². The van der Waals surface area contributed by atoms with E-state index in [9.17, 15) is 13.2 Å². The second-order valence-corrected chi connectivity index (χ2v) is 7.90. The molecule has 0 unspecified atom stereocenters. The van der Waals surface area contributed by atoms with Gasteiger partial charge in [0.1, 0.15) is 11.3 Å². The lowest BCUT2D eigenvalue weighted by Gasteiger charge is -2.06. The third kappa shape index (κ3) is 4.29.